The van der Waals surface area contributed by atoms with E-state index < -0.39 is 10.0 Å². The summed E-state index contributed by atoms with van der Waals surface area (Å²) in [6, 6.07) is 0. The van der Waals surface area contributed by atoms with Gasteiger partial charge in [0.05, 0.1) is 17.5 Å². The molecule has 1 atom stereocenters. The van der Waals surface area contributed by atoms with Gasteiger partial charge in [0.2, 0.25) is 10.0 Å². The molecule has 1 aromatic rings. The average Bonchev–Trinajstić information content (AvgIpc) is 2.81. The Morgan fingerprint density at radius 2 is 2.25 bits per heavy atom. The van der Waals surface area contributed by atoms with Gasteiger partial charge in [-0.3, -0.25) is 5.10 Å². The van der Waals surface area contributed by atoms with Crippen molar-refractivity contribution in [1.29, 1.82) is 0 Å². The van der Waals surface area contributed by atoms with Gasteiger partial charge < -0.3 is 10.5 Å². The summed E-state index contributed by atoms with van der Waals surface area (Å²) in [5.74, 6) is 0. The van der Waals surface area contributed by atoms with Crippen molar-refractivity contribution in [3.8, 4) is 0 Å². The van der Waals surface area contributed by atoms with Gasteiger partial charge in [-0.2, -0.15) is 9.40 Å². The lowest BCUT2D eigenvalue weighted by molar-refractivity contribution is 0.00858. The molecule has 0 aromatic carbocycles. The van der Waals surface area contributed by atoms with Crippen LogP contribution < -0.4 is 5.73 Å². The van der Waals surface area contributed by atoms with Crippen molar-refractivity contribution in [2.24, 2.45) is 5.73 Å². The van der Waals surface area contributed by atoms with Crippen LogP contribution in [-0.4, -0.2) is 49.2 Å². The van der Waals surface area contributed by atoms with Crippen LogP contribution >= 0.6 is 0 Å². The molecule has 0 bridgehead atoms. The van der Waals surface area contributed by atoms with Crippen LogP contribution in [0.3, 0.4) is 0 Å². The van der Waals surface area contributed by atoms with Gasteiger partial charge in [0.15, 0.2) is 0 Å². The second kappa shape index (κ2) is 6.21. The Bertz CT molecular complexity index is 549. The first-order valence-electron chi connectivity index (χ1n) is 6.78. The molecule has 2 heterocycles. The molecule has 20 heavy (non-hydrogen) atoms. The molecule has 1 unspecified atom stereocenters. The molecule has 8 heteroatoms. The topological polar surface area (TPSA) is 101 Å². The number of aromatic amines is 1. The van der Waals surface area contributed by atoms with Crippen molar-refractivity contribution >= 4 is 10.0 Å². The molecule has 0 amide bonds. The number of likely N-dealkylation sites (N-methyl/N-ethyl adjacent to an activating group) is 1. The smallest absolute Gasteiger partial charge is 0.246 e. The fraction of sp³-hybridized carbons (Fsp3) is 0.750. The van der Waals surface area contributed by atoms with Gasteiger partial charge in [-0.05, 0) is 26.2 Å². The maximum absolute atomic E-state index is 12.6. The lowest BCUT2D eigenvalue weighted by Gasteiger charge is -2.27. The molecular formula is C12H22N4O3S. The predicted molar refractivity (Wildman–Crippen MR) is 74.6 cm³/mol. The van der Waals surface area contributed by atoms with Crippen molar-refractivity contribution in [2.45, 2.75) is 43.7 Å². The molecule has 2 rings (SSSR count). The van der Waals surface area contributed by atoms with Crippen LogP contribution in [0.25, 0.3) is 0 Å². The molecule has 1 aliphatic rings. The molecular weight excluding hydrogens is 280 g/mol. The Balaban J connectivity index is 2.18. The summed E-state index contributed by atoms with van der Waals surface area (Å²) in [6.07, 6.45) is 2.99. The van der Waals surface area contributed by atoms with Crippen molar-refractivity contribution in [2.75, 3.05) is 20.2 Å². The number of nitrogens with one attached hydrogen (secondary N) is 1. The number of nitrogens with two attached hydrogens (primary N) is 1. The third-order valence-corrected chi connectivity index (χ3v) is 5.59. The van der Waals surface area contributed by atoms with E-state index in [1.54, 1.807) is 14.0 Å². The van der Waals surface area contributed by atoms with E-state index in [2.05, 4.69) is 10.2 Å². The second-order valence-electron chi connectivity index (χ2n) is 5.10. The number of ether oxygens (including phenoxy) is 1. The maximum Gasteiger partial charge on any atom is 0.246 e. The Hall–Kier alpha value is -0.960. The van der Waals surface area contributed by atoms with Crippen LogP contribution in [-0.2, 0) is 21.3 Å². The lowest BCUT2D eigenvalue weighted by Crippen LogP contribution is -2.37. The van der Waals surface area contributed by atoms with E-state index in [9.17, 15) is 8.42 Å². The number of rotatable bonds is 5. The number of hydrogen-bond acceptors (Lipinski definition) is 5. The number of aryl methyl sites for hydroxylation is 1. The standard InChI is InChI=1S/C12H22N4O3S/c1-9-12(11(7-13)15-14-9)20(17,18)16(2)8-10-5-3-4-6-19-10/h10H,3-8,13H2,1-2H3,(H,14,15). The fourth-order valence-electron chi connectivity index (χ4n) is 2.44. The molecule has 0 radical (unpaired) electrons. The van der Waals surface area contributed by atoms with Crippen LogP contribution in [0.4, 0.5) is 0 Å². The van der Waals surface area contributed by atoms with Gasteiger partial charge in [0.25, 0.3) is 0 Å². The SMILES string of the molecule is Cc1[nH]nc(CN)c1S(=O)(=O)N(C)CC1CCCCO1. The zero-order valence-corrected chi connectivity index (χ0v) is 12.7. The van der Waals surface area contributed by atoms with Gasteiger partial charge in [0.1, 0.15) is 4.90 Å². The normalized spacial score (nSPS) is 20.5. The first-order valence-corrected chi connectivity index (χ1v) is 8.22. The third-order valence-electron chi connectivity index (χ3n) is 3.56. The van der Waals surface area contributed by atoms with E-state index >= 15 is 0 Å². The summed E-state index contributed by atoms with van der Waals surface area (Å²) >= 11 is 0. The minimum absolute atomic E-state index is 0.0305. The monoisotopic (exact) mass is 302 g/mol. The first-order chi connectivity index (χ1) is 9.46. The molecule has 0 aliphatic carbocycles. The highest BCUT2D eigenvalue weighted by Gasteiger charge is 2.30. The van der Waals surface area contributed by atoms with E-state index in [0.29, 0.717) is 24.5 Å². The Labute approximate surface area is 119 Å². The highest BCUT2D eigenvalue weighted by molar-refractivity contribution is 7.89. The van der Waals surface area contributed by atoms with Gasteiger partial charge in [-0.25, -0.2) is 8.42 Å². The van der Waals surface area contributed by atoms with Crippen LogP contribution in [0.5, 0.6) is 0 Å². The third kappa shape index (κ3) is 3.03. The summed E-state index contributed by atoms with van der Waals surface area (Å²) in [6.45, 7) is 2.84. The molecule has 1 saturated heterocycles. The van der Waals surface area contributed by atoms with E-state index in [1.807, 2.05) is 0 Å². The molecule has 0 spiro atoms. The van der Waals surface area contributed by atoms with E-state index in [-0.39, 0.29) is 17.5 Å². The zero-order valence-electron chi connectivity index (χ0n) is 11.9. The quantitative estimate of drug-likeness (QED) is 0.818. The summed E-state index contributed by atoms with van der Waals surface area (Å²) in [7, 11) is -2.02. The van der Waals surface area contributed by atoms with E-state index in [4.69, 9.17) is 10.5 Å². The molecule has 1 aliphatic heterocycles. The lowest BCUT2D eigenvalue weighted by atomic mass is 10.1. The maximum atomic E-state index is 12.6. The highest BCUT2D eigenvalue weighted by Crippen LogP contribution is 2.22. The number of sulfonamides is 1. The highest BCUT2D eigenvalue weighted by atomic mass is 32.2. The largest absolute Gasteiger partial charge is 0.377 e. The Kier molecular flexibility index (Phi) is 4.79. The number of aromatic nitrogens is 2. The summed E-state index contributed by atoms with van der Waals surface area (Å²) in [5.41, 5.74) is 6.44. The second-order valence-corrected chi connectivity index (χ2v) is 7.08. The van der Waals surface area contributed by atoms with Gasteiger partial charge in [-0.15, -0.1) is 0 Å². The van der Waals surface area contributed by atoms with Crippen LogP contribution in [0.2, 0.25) is 0 Å². The molecule has 114 valence electrons. The van der Waals surface area contributed by atoms with Crippen molar-refractivity contribution < 1.29 is 13.2 Å². The minimum atomic E-state index is -3.59. The first kappa shape index (κ1) is 15.4. The Morgan fingerprint density at radius 3 is 2.85 bits per heavy atom. The summed E-state index contributed by atoms with van der Waals surface area (Å²) < 4.78 is 32.2. The zero-order chi connectivity index (χ0) is 14.8. The van der Waals surface area contributed by atoms with Crippen molar-refractivity contribution in [3.05, 3.63) is 11.4 Å². The van der Waals surface area contributed by atoms with Crippen molar-refractivity contribution in [3.63, 3.8) is 0 Å². The number of H-pyrrole nitrogens is 1. The molecule has 3 N–H and O–H groups in total. The van der Waals surface area contributed by atoms with Crippen LogP contribution in [0.1, 0.15) is 30.7 Å². The molecule has 7 nitrogen and oxygen atoms in total. The van der Waals surface area contributed by atoms with Crippen molar-refractivity contribution in [1.82, 2.24) is 14.5 Å². The molecule has 1 aromatic heterocycles. The number of nitrogens with zero attached hydrogens (tertiary/aromatic N) is 2. The molecule has 1 fully saturated rings. The van der Waals surface area contributed by atoms with Crippen LogP contribution in [0, 0.1) is 6.92 Å². The van der Waals surface area contributed by atoms with E-state index in [0.717, 1.165) is 19.3 Å². The minimum Gasteiger partial charge on any atom is -0.377 e. The van der Waals surface area contributed by atoms with E-state index in [1.165, 1.54) is 4.31 Å². The van der Waals surface area contributed by atoms with Gasteiger partial charge in [-0.1, -0.05) is 0 Å². The average molecular weight is 302 g/mol. The van der Waals surface area contributed by atoms with Crippen LogP contribution in [0.15, 0.2) is 4.90 Å². The van der Waals surface area contributed by atoms with Gasteiger partial charge >= 0.3 is 0 Å². The fourth-order valence-corrected chi connectivity index (χ4v) is 3.98. The van der Waals surface area contributed by atoms with Gasteiger partial charge in [0, 0.05) is 26.7 Å². The molecule has 0 saturated carbocycles. The Morgan fingerprint density at radius 1 is 1.50 bits per heavy atom. The number of hydrogen-bond donors (Lipinski definition) is 2. The predicted octanol–water partition coefficient (Wildman–Crippen LogP) is 0.366. The summed E-state index contributed by atoms with van der Waals surface area (Å²) in [4.78, 5) is 0.193. The summed E-state index contributed by atoms with van der Waals surface area (Å²) in [5, 5.41) is 6.63.